The molecule has 12 nitrogen and oxygen atoms in total. The molecule has 16 heteroatoms. The molecule has 2 aromatic carbocycles. The van der Waals surface area contributed by atoms with E-state index in [1.54, 1.807) is 0 Å². The first-order valence-corrected chi connectivity index (χ1v) is 22.6. The molecule has 0 amide bonds. The third kappa shape index (κ3) is 16.5. The van der Waals surface area contributed by atoms with E-state index in [9.17, 15) is 26.4 Å². The van der Waals surface area contributed by atoms with Crippen LogP contribution in [0, 0.1) is 0 Å². The molecule has 0 aliphatic rings. The summed E-state index contributed by atoms with van der Waals surface area (Å²) in [5.41, 5.74) is 0. The number of rotatable bonds is 21. The number of unbranched alkanes of at least 4 members (excludes halogenated alkanes) is 9. The molecule has 0 saturated carbocycles. The summed E-state index contributed by atoms with van der Waals surface area (Å²) in [5.74, 6) is -3.05. The zero-order chi connectivity index (χ0) is 35.0. The Morgan fingerprint density at radius 2 is 0.957 bits per heavy atom. The van der Waals surface area contributed by atoms with E-state index in [4.69, 9.17) is 39.3 Å². The predicted molar refractivity (Wildman–Crippen MR) is 182 cm³/mol. The average molecular weight is 741 g/mol. The fourth-order valence-electron chi connectivity index (χ4n) is 4.75. The first-order chi connectivity index (χ1) is 22.0. The van der Waals surface area contributed by atoms with Gasteiger partial charge in [-0.2, -0.15) is 0 Å². The van der Waals surface area contributed by atoms with E-state index in [1.807, 2.05) is 6.66 Å². The molecule has 0 aliphatic heterocycles. The van der Waals surface area contributed by atoms with Crippen molar-refractivity contribution in [2.24, 2.45) is 0 Å². The summed E-state index contributed by atoms with van der Waals surface area (Å²) in [6.07, 6.45) is 10.8. The second-order valence-corrected chi connectivity index (χ2v) is 23.4. The van der Waals surface area contributed by atoms with E-state index in [2.05, 4.69) is 6.92 Å². The number of hydrogen-bond acceptors (Lipinski definition) is 10. The molecule has 0 spiro atoms. The molecule has 0 aliphatic carbocycles. The summed E-state index contributed by atoms with van der Waals surface area (Å²) in [5, 5.41) is 0. The monoisotopic (exact) mass is 740 g/mol. The second kappa shape index (κ2) is 18.9. The molecule has 266 valence electrons. The third-order valence-corrected chi connectivity index (χ3v) is 15.3. The van der Waals surface area contributed by atoms with Gasteiger partial charge in [0.2, 0.25) is 0 Å². The average Bonchev–Trinajstić information content (AvgIpc) is 2.98. The van der Waals surface area contributed by atoms with E-state index in [0.29, 0.717) is 18.5 Å². The van der Waals surface area contributed by atoms with Gasteiger partial charge in [-0.3, -0.25) is 0 Å². The van der Waals surface area contributed by atoms with Gasteiger partial charge in [0.15, 0.2) is 0 Å². The molecule has 0 atom stereocenters. The van der Waals surface area contributed by atoms with Crippen molar-refractivity contribution in [3.63, 3.8) is 0 Å². The maximum absolute atomic E-state index is 12.3. The van der Waals surface area contributed by atoms with Crippen LogP contribution in [0.5, 0.6) is 11.5 Å². The van der Waals surface area contributed by atoms with Crippen molar-refractivity contribution in [1.29, 1.82) is 0 Å². The van der Waals surface area contributed by atoms with Gasteiger partial charge in [-0.15, -0.1) is 0 Å². The van der Waals surface area contributed by atoms with E-state index in [-0.39, 0.29) is 34.5 Å². The SMILES string of the molecule is CCCCCCCCCCCCP(C)(Cl)(CCOC(=O)Oc1ccc(S(=O)(=O)O)cc1)CCOC(=O)Oc1ccc(S(=O)(=O)O)cc1. The Labute approximate surface area is 282 Å². The van der Waals surface area contributed by atoms with Crippen molar-refractivity contribution in [3.8, 4) is 11.5 Å². The Kier molecular flexibility index (Phi) is 16.4. The Balaban J connectivity index is 1.91. The van der Waals surface area contributed by atoms with Crippen LogP contribution in [0.25, 0.3) is 0 Å². The zero-order valence-electron chi connectivity index (χ0n) is 26.8. The molecule has 0 fully saturated rings. The number of carbonyl (C=O) groups excluding carboxylic acids is 2. The van der Waals surface area contributed by atoms with Crippen LogP contribution in [0.15, 0.2) is 58.3 Å². The molecule has 0 unspecified atom stereocenters. The Morgan fingerprint density at radius 1 is 0.617 bits per heavy atom. The van der Waals surface area contributed by atoms with Crippen molar-refractivity contribution in [2.45, 2.75) is 80.9 Å². The van der Waals surface area contributed by atoms with Gasteiger partial charge in [0, 0.05) is 0 Å². The number of benzene rings is 2. The van der Waals surface area contributed by atoms with Crippen LogP contribution in [-0.2, 0) is 29.7 Å². The van der Waals surface area contributed by atoms with Gasteiger partial charge in [-0.05, 0) is 0 Å². The van der Waals surface area contributed by atoms with Gasteiger partial charge in [-0.25, -0.2) is 0 Å². The Hall–Kier alpha value is -2.48. The topological polar surface area (TPSA) is 180 Å². The Bertz CT molecular complexity index is 1400. The first-order valence-electron chi connectivity index (χ1n) is 15.6. The van der Waals surface area contributed by atoms with Crippen LogP contribution in [0.3, 0.4) is 0 Å². The standard InChI is InChI=1S/C31H46ClO12PS2/c1-3-4-5-6-7-8-9-10-11-12-23-45(2,32,24-21-41-30(33)43-26-13-17-28(18-14-26)46(35,36)37)25-22-42-31(34)44-27-15-19-29(20-16-27)47(38,39)40/h13-20H,3-12,21-25H2,1-2H3,(H,35,36,37)(H,38,39,40). The maximum atomic E-state index is 12.3. The third-order valence-electron chi connectivity index (χ3n) is 7.65. The summed E-state index contributed by atoms with van der Waals surface area (Å²) < 4.78 is 83.7. The molecule has 47 heavy (non-hydrogen) atoms. The first kappa shape index (κ1) is 40.7. The van der Waals surface area contributed by atoms with Gasteiger partial charge >= 0.3 is 284 Å². The van der Waals surface area contributed by atoms with E-state index >= 15 is 0 Å². The van der Waals surface area contributed by atoms with Crippen LogP contribution < -0.4 is 9.47 Å². The number of hydrogen-bond donors (Lipinski definition) is 2. The molecule has 2 aromatic rings. The molecule has 0 aromatic heterocycles. The molecule has 0 heterocycles. The van der Waals surface area contributed by atoms with E-state index < -0.39 is 38.5 Å². The minimum atomic E-state index is -4.39. The van der Waals surface area contributed by atoms with Crippen molar-refractivity contribution in [1.82, 2.24) is 0 Å². The fraction of sp³-hybridized carbons (Fsp3) is 0.548. The number of halogens is 1. The molecular formula is C31H46ClO12PS2. The van der Waals surface area contributed by atoms with Crippen molar-refractivity contribution in [2.75, 3.05) is 38.4 Å². The molecule has 0 radical (unpaired) electrons. The van der Waals surface area contributed by atoms with E-state index in [0.717, 1.165) is 49.9 Å². The zero-order valence-corrected chi connectivity index (χ0v) is 30.1. The van der Waals surface area contributed by atoms with Gasteiger partial charge in [0.1, 0.15) is 0 Å². The number of ether oxygens (including phenoxy) is 4. The summed E-state index contributed by atoms with van der Waals surface area (Å²) in [7, 11) is -8.78. The minimum absolute atomic E-state index is 0.0205. The second-order valence-electron chi connectivity index (χ2n) is 11.8. The molecule has 2 N–H and O–H groups in total. The molecule has 0 bridgehead atoms. The Morgan fingerprint density at radius 3 is 1.30 bits per heavy atom. The van der Waals surface area contributed by atoms with Crippen LogP contribution >= 0.6 is 17.2 Å². The quantitative estimate of drug-likeness (QED) is 0.0413. The molecule has 0 saturated heterocycles. The normalized spacial score (nSPS) is 12.9. The van der Waals surface area contributed by atoms with Crippen molar-refractivity contribution in [3.05, 3.63) is 48.5 Å². The van der Waals surface area contributed by atoms with Crippen molar-refractivity contribution >= 4 is 49.7 Å². The predicted octanol–water partition coefficient (Wildman–Crippen LogP) is 8.17. The van der Waals surface area contributed by atoms with Crippen LogP contribution in [-0.4, -0.2) is 76.6 Å². The molecular weight excluding hydrogens is 695 g/mol. The summed E-state index contributed by atoms with van der Waals surface area (Å²) >= 11 is 7.32. The fourth-order valence-corrected chi connectivity index (χ4v) is 9.47. The number of carbonyl (C=O) groups is 2. The van der Waals surface area contributed by atoms with Gasteiger partial charge in [0.05, 0.1) is 0 Å². The van der Waals surface area contributed by atoms with Gasteiger partial charge in [0.25, 0.3) is 0 Å². The van der Waals surface area contributed by atoms with E-state index in [1.165, 1.54) is 62.8 Å². The molecule has 2 rings (SSSR count). The van der Waals surface area contributed by atoms with Crippen LogP contribution in [0.4, 0.5) is 9.59 Å². The van der Waals surface area contributed by atoms with Crippen molar-refractivity contribution < 1.29 is 54.5 Å². The van der Waals surface area contributed by atoms with Crippen LogP contribution in [0.1, 0.15) is 71.1 Å². The summed E-state index contributed by atoms with van der Waals surface area (Å²) in [4.78, 5) is 23.9. The van der Waals surface area contributed by atoms with Gasteiger partial charge < -0.3 is 0 Å². The summed E-state index contributed by atoms with van der Waals surface area (Å²) in [6.45, 7) is 4.00. The summed E-state index contributed by atoms with van der Waals surface area (Å²) in [6, 6.07) is 9.16. The van der Waals surface area contributed by atoms with Crippen LogP contribution in [0.2, 0.25) is 0 Å². The van der Waals surface area contributed by atoms with Gasteiger partial charge in [-0.1, -0.05) is 0 Å².